The molecule has 1 aromatic carbocycles. The first kappa shape index (κ1) is 13.4. The first-order chi connectivity index (χ1) is 9.69. The van der Waals surface area contributed by atoms with Crippen LogP contribution in [-0.2, 0) is 12.8 Å². The highest BCUT2D eigenvalue weighted by molar-refractivity contribution is 7.80. The van der Waals surface area contributed by atoms with Gasteiger partial charge in [0.15, 0.2) is 5.11 Å². The molecule has 0 spiro atoms. The number of nitrogens with one attached hydrogen (secondary N) is 2. The Morgan fingerprint density at radius 1 is 1.35 bits per heavy atom. The van der Waals surface area contributed by atoms with Gasteiger partial charge in [-0.3, -0.25) is 0 Å². The van der Waals surface area contributed by atoms with Crippen molar-refractivity contribution in [3.63, 3.8) is 0 Å². The van der Waals surface area contributed by atoms with Crippen molar-refractivity contribution in [3.05, 3.63) is 35.0 Å². The molecule has 0 aliphatic carbocycles. The van der Waals surface area contributed by atoms with Crippen LogP contribution < -0.4 is 5.32 Å². The van der Waals surface area contributed by atoms with Crippen LogP contribution >= 0.6 is 12.2 Å². The van der Waals surface area contributed by atoms with Gasteiger partial charge in [0.25, 0.3) is 0 Å². The minimum Gasteiger partial charge on any atom is -0.363 e. The van der Waals surface area contributed by atoms with Crippen molar-refractivity contribution in [2.24, 2.45) is 0 Å². The first-order valence-corrected chi connectivity index (χ1v) is 7.72. The molecule has 1 aliphatic rings. The SMILES string of the molecule is CCNC(=S)N1CCc2[nH]c3ccc(C)cc3c2CC1. The second-order valence-electron chi connectivity index (χ2n) is 5.45. The van der Waals surface area contributed by atoms with E-state index in [0.717, 1.165) is 37.6 Å². The smallest absolute Gasteiger partial charge is 0.168 e. The Morgan fingerprint density at radius 2 is 2.15 bits per heavy atom. The molecule has 1 aliphatic heterocycles. The number of hydrogen-bond acceptors (Lipinski definition) is 1. The molecule has 2 N–H and O–H groups in total. The molecule has 3 rings (SSSR count). The van der Waals surface area contributed by atoms with Gasteiger partial charge in [-0.15, -0.1) is 0 Å². The number of aromatic amines is 1. The molecule has 0 atom stereocenters. The Balaban J connectivity index is 1.88. The van der Waals surface area contributed by atoms with Gasteiger partial charge in [0.1, 0.15) is 0 Å². The van der Waals surface area contributed by atoms with Gasteiger partial charge in [0.05, 0.1) is 0 Å². The molecule has 0 saturated carbocycles. The van der Waals surface area contributed by atoms with Crippen LogP contribution in [-0.4, -0.2) is 34.6 Å². The zero-order valence-electron chi connectivity index (χ0n) is 12.1. The molecule has 0 bridgehead atoms. The maximum absolute atomic E-state index is 5.44. The second-order valence-corrected chi connectivity index (χ2v) is 5.84. The number of rotatable bonds is 1. The molecule has 3 nitrogen and oxygen atoms in total. The van der Waals surface area contributed by atoms with Gasteiger partial charge < -0.3 is 15.2 Å². The lowest BCUT2D eigenvalue weighted by Gasteiger charge is -2.23. The molecule has 0 radical (unpaired) electrons. The third kappa shape index (κ3) is 2.40. The predicted octanol–water partition coefficient (Wildman–Crippen LogP) is 2.77. The number of aryl methyl sites for hydroxylation is 1. The number of fused-ring (bicyclic) bond motifs is 3. The number of H-pyrrole nitrogens is 1. The highest BCUT2D eigenvalue weighted by atomic mass is 32.1. The summed E-state index contributed by atoms with van der Waals surface area (Å²) < 4.78 is 0. The van der Waals surface area contributed by atoms with Crippen molar-refractivity contribution in [1.82, 2.24) is 15.2 Å². The first-order valence-electron chi connectivity index (χ1n) is 7.32. The summed E-state index contributed by atoms with van der Waals surface area (Å²) in [6, 6.07) is 6.66. The van der Waals surface area contributed by atoms with Crippen molar-refractivity contribution in [2.45, 2.75) is 26.7 Å². The van der Waals surface area contributed by atoms with E-state index in [4.69, 9.17) is 12.2 Å². The lowest BCUT2D eigenvalue weighted by Crippen LogP contribution is -2.41. The highest BCUT2D eigenvalue weighted by Gasteiger charge is 2.19. The topological polar surface area (TPSA) is 31.1 Å². The molecule has 0 fully saturated rings. The van der Waals surface area contributed by atoms with Gasteiger partial charge in [-0.25, -0.2) is 0 Å². The standard InChI is InChI=1S/C16H21N3S/c1-3-17-16(20)19-8-6-12-13-10-11(2)4-5-14(13)18-15(12)7-9-19/h4-5,10,18H,3,6-9H2,1-2H3,(H,17,20). The van der Waals surface area contributed by atoms with E-state index < -0.39 is 0 Å². The fourth-order valence-electron chi connectivity index (χ4n) is 2.99. The van der Waals surface area contributed by atoms with Crippen molar-refractivity contribution in [3.8, 4) is 0 Å². The van der Waals surface area contributed by atoms with E-state index in [-0.39, 0.29) is 0 Å². The van der Waals surface area contributed by atoms with E-state index in [1.165, 1.54) is 27.7 Å². The Hall–Kier alpha value is -1.55. The highest BCUT2D eigenvalue weighted by Crippen LogP contribution is 2.26. The Labute approximate surface area is 125 Å². The summed E-state index contributed by atoms with van der Waals surface area (Å²) in [7, 11) is 0. The molecule has 0 saturated heterocycles. The van der Waals surface area contributed by atoms with E-state index >= 15 is 0 Å². The second kappa shape index (κ2) is 5.44. The molecule has 2 heterocycles. The summed E-state index contributed by atoms with van der Waals surface area (Å²) in [5, 5.41) is 5.53. The third-order valence-corrected chi connectivity index (χ3v) is 4.43. The average molecular weight is 287 g/mol. The average Bonchev–Trinajstić information content (AvgIpc) is 2.63. The normalized spacial score (nSPS) is 15.0. The summed E-state index contributed by atoms with van der Waals surface area (Å²) in [6.07, 6.45) is 2.10. The van der Waals surface area contributed by atoms with Crippen molar-refractivity contribution < 1.29 is 0 Å². The minimum absolute atomic E-state index is 0.887. The molecular weight excluding hydrogens is 266 g/mol. The summed E-state index contributed by atoms with van der Waals surface area (Å²) in [4.78, 5) is 5.87. The van der Waals surface area contributed by atoms with Crippen LogP contribution in [0.4, 0.5) is 0 Å². The molecular formula is C16H21N3S. The van der Waals surface area contributed by atoms with Crippen LogP contribution in [0.5, 0.6) is 0 Å². The van der Waals surface area contributed by atoms with E-state index in [1.807, 2.05) is 0 Å². The zero-order chi connectivity index (χ0) is 14.1. The molecule has 0 amide bonds. The number of hydrogen-bond donors (Lipinski definition) is 2. The lowest BCUT2D eigenvalue weighted by atomic mass is 10.1. The third-order valence-electron chi connectivity index (χ3n) is 4.03. The largest absolute Gasteiger partial charge is 0.363 e. The van der Waals surface area contributed by atoms with Gasteiger partial charge in [-0.05, 0) is 50.2 Å². The molecule has 20 heavy (non-hydrogen) atoms. The lowest BCUT2D eigenvalue weighted by molar-refractivity contribution is 0.431. The van der Waals surface area contributed by atoms with Crippen LogP contribution in [0.2, 0.25) is 0 Å². The van der Waals surface area contributed by atoms with Crippen LogP contribution in [0.1, 0.15) is 23.7 Å². The molecule has 2 aromatic rings. The summed E-state index contributed by atoms with van der Waals surface area (Å²) in [5.74, 6) is 0. The molecule has 4 heteroatoms. The van der Waals surface area contributed by atoms with Crippen molar-refractivity contribution in [1.29, 1.82) is 0 Å². The predicted molar refractivity (Wildman–Crippen MR) is 88.3 cm³/mol. The van der Waals surface area contributed by atoms with Crippen molar-refractivity contribution >= 4 is 28.2 Å². The van der Waals surface area contributed by atoms with E-state index in [9.17, 15) is 0 Å². The number of aromatic nitrogens is 1. The van der Waals surface area contributed by atoms with E-state index in [2.05, 4.69) is 47.2 Å². The van der Waals surface area contributed by atoms with Gasteiger partial charge in [-0.1, -0.05) is 11.6 Å². The van der Waals surface area contributed by atoms with Gasteiger partial charge in [0, 0.05) is 42.7 Å². The molecule has 0 unspecified atom stereocenters. The fourth-order valence-corrected chi connectivity index (χ4v) is 3.31. The minimum atomic E-state index is 0.887. The fraction of sp³-hybridized carbons (Fsp3) is 0.438. The quantitative estimate of drug-likeness (QED) is 0.791. The maximum atomic E-state index is 5.44. The Kier molecular flexibility index (Phi) is 3.66. The summed E-state index contributed by atoms with van der Waals surface area (Å²) in [6.45, 7) is 7.12. The molecule has 106 valence electrons. The van der Waals surface area contributed by atoms with Gasteiger partial charge in [0.2, 0.25) is 0 Å². The van der Waals surface area contributed by atoms with E-state index in [1.54, 1.807) is 0 Å². The summed E-state index contributed by atoms with van der Waals surface area (Å²) >= 11 is 5.44. The van der Waals surface area contributed by atoms with Crippen LogP contribution in [0.15, 0.2) is 18.2 Å². The van der Waals surface area contributed by atoms with Gasteiger partial charge >= 0.3 is 0 Å². The zero-order valence-corrected chi connectivity index (χ0v) is 12.9. The van der Waals surface area contributed by atoms with Crippen molar-refractivity contribution in [2.75, 3.05) is 19.6 Å². The maximum Gasteiger partial charge on any atom is 0.168 e. The van der Waals surface area contributed by atoms with E-state index in [0.29, 0.717) is 0 Å². The van der Waals surface area contributed by atoms with Crippen LogP contribution in [0.3, 0.4) is 0 Å². The van der Waals surface area contributed by atoms with Crippen LogP contribution in [0, 0.1) is 6.92 Å². The number of benzene rings is 1. The number of thiocarbonyl (C=S) groups is 1. The monoisotopic (exact) mass is 287 g/mol. The number of nitrogens with zero attached hydrogens (tertiary/aromatic N) is 1. The Bertz CT molecular complexity index is 644. The summed E-state index contributed by atoms with van der Waals surface area (Å²) in [5.41, 5.74) is 5.45. The molecule has 1 aromatic heterocycles. The van der Waals surface area contributed by atoms with Crippen LogP contribution in [0.25, 0.3) is 10.9 Å². The Morgan fingerprint density at radius 3 is 2.95 bits per heavy atom. The van der Waals surface area contributed by atoms with Gasteiger partial charge in [-0.2, -0.15) is 0 Å².